The van der Waals surface area contributed by atoms with E-state index in [1.165, 1.54) is 0 Å². The molecule has 25 heavy (non-hydrogen) atoms. The summed E-state index contributed by atoms with van der Waals surface area (Å²) in [5.74, 6) is -1.93. The van der Waals surface area contributed by atoms with Crippen LogP contribution in [0.25, 0.3) is 0 Å². The summed E-state index contributed by atoms with van der Waals surface area (Å²) in [5, 5.41) is 18.0. The second-order valence-electron chi connectivity index (χ2n) is 4.67. The van der Waals surface area contributed by atoms with Crippen LogP contribution < -0.4 is 14.8 Å². The average Bonchev–Trinajstić information content (AvgIpc) is 2.59. The molecule has 0 radical (unpaired) electrons. The van der Waals surface area contributed by atoms with Gasteiger partial charge in [-0.2, -0.15) is 0 Å². The summed E-state index contributed by atoms with van der Waals surface area (Å²) in [7, 11) is 3.35. The van der Waals surface area contributed by atoms with Gasteiger partial charge in [-0.15, -0.1) is 6.58 Å². The van der Waals surface area contributed by atoms with E-state index in [0.717, 1.165) is 36.6 Å². The number of hydrogen-bond donors (Lipinski definition) is 3. The van der Waals surface area contributed by atoms with Crippen molar-refractivity contribution in [2.24, 2.45) is 0 Å². The van der Waals surface area contributed by atoms with Crippen molar-refractivity contribution in [1.29, 1.82) is 0 Å². The zero-order valence-corrected chi connectivity index (χ0v) is 14.5. The van der Waals surface area contributed by atoms with Crippen LogP contribution in [0, 0.1) is 0 Å². The third-order valence-electron chi connectivity index (χ3n) is 2.83. The van der Waals surface area contributed by atoms with Crippen molar-refractivity contribution in [2.75, 3.05) is 40.5 Å². The van der Waals surface area contributed by atoms with Gasteiger partial charge in [0, 0.05) is 25.8 Å². The Kier molecular flexibility index (Phi) is 12.4. The van der Waals surface area contributed by atoms with Crippen LogP contribution in [-0.4, -0.2) is 62.7 Å². The highest BCUT2D eigenvalue weighted by molar-refractivity contribution is 6.27. The van der Waals surface area contributed by atoms with Gasteiger partial charge in [0.05, 0.1) is 13.7 Å². The zero-order chi connectivity index (χ0) is 19.1. The fraction of sp³-hybridized carbons (Fsp3) is 0.412. The molecule has 8 nitrogen and oxygen atoms in total. The van der Waals surface area contributed by atoms with E-state index in [1.807, 2.05) is 24.3 Å². The Bertz CT molecular complexity index is 534. The number of methoxy groups -OCH3 is 2. The van der Waals surface area contributed by atoms with E-state index in [2.05, 4.69) is 11.9 Å². The molecule has 1 aromatic rings. The molecule has 0 saturated heterocycles. The van der Waals surface area contributed by atoms with Gasteiger partial charge in [0.2, 0.25) is 0 Å². The van der Waals surface area contributed by atoms with Gasteiger partial charge in [-0.3, -0.25) is 0 Å². The lowest BCUT2D eigenvalue weighted by atomic mass is 10.1. The minimum Gasteiger partial charge on any atom is -0.497 e. The molecule has 3 N–H and O–H groups in total. The Hall–Kier alpha value is -2.58. The minimum atomic E-state index is -1.82. The third kappa shape index (κ3) is 10.7. The van der Waals surface area contributed by atoms with Gasteiger partial charge in [-0.1, -0.05) is 6.08 Å². The van der Waals surface area contributed by atoms with Crippen molar-refractivity contribution >= 4 is 11.9 Å². The quantitative estimate of drug-likeness (QED) is 0.326. The molecule has 1 aromatic carbocycles. The second-order valence-corrected chi connectivity index (χ2v) is 4.67. The predicted molar refractivity (Wildman–Crippen MR) is 92.4 cm³/mol. The Balaban J connectivity index is 0.000000823. The Morgan fingerprint density at radius 3 is 2.32 bits per heavy atom. The van der Waals surface area contributed by atoms with Crippen LogP contribution in [-0.2, 0) is 20.7 Å². The molecule has 8 heteroatoms. The minimum absolute atomic E-state index is 0.625. The van der Waals surface area contributed by atoms with Crippen molar-refractivity contribution in [3.05, 3.63) is 36.4 Å². The lowest BCUT2D eigenvalue weighted by molar-refractivity contribution is -0.159. The average molecular weight is 355 g/mol. The Morgan fingerprint density at radius 2 is 1.80 bits per heavy atom. The molecule has 0 aromatic heterocycles. The number of carbonyl (C=O) groups is 2. The molecule has 0 fully saturated rings. The number of ether oxygens (including phenoxy) is 3. The molecule has 0 atom stereocenters. The Morgan fingerprint density at radius 1 is 1.16 bits per heavy atom. The highest BCUT2D eigenvalue weighted by Gasteiger charge is 2.05. The van der Waals surface area contributed by atoms with E-state index >= 15 is 0 Å². The van der Waals surface area contributed by atoms with Crippen molar-refractivity contribution in [1.82, 2.24) is 5.32 Å². The van der Waals surface area contributed by atoms with Crippen molar-refractivity contribution < 1.29 is 34.0 Å². The molecule has 0 bridgehead atoms. The van der Waals surface area contributed by atoms with Gasteiger partial charge in [0.1, 0.15) is 18.1 Å². The molecule has 1 rings (SSSR count). The first-order valence-corrected chi connectivity index (χ1v) is 7.52. The van der Waals surface area contributed by atoms with Gasteiger partial charge in [-0.05, 0) is 24.6 Å². The summed E-state index contributed by atoms with van der Waals surface area (Å²) in [5.41, 5.74) is 1.09. The van der Waals surface area contributed by atoms with E-state index in [0.29, 0.717) is 13.2 Å². The van der Waals surface area contributed by atoms with Gasteiger partial charge in [-0.25, -0.2) is 9.59 Å². The number of nitrogens with one attached hydrogen (secondary N) is 1. The normalized spacial score (nSPS) is 9.52. The van der Waals surface area contributed by atoms with Crippen molar-refractivity contribution in [3.8, 4) is 11.5 Å². The van der Waals surface area contributed by atoms with Crippen molar-refractivity contribution in [2.45, 2.75) is 6.42 Å². The van der Waals surface area contributed by atoms with Crippen LogP contribution in [0.15, 0.2) is 30.9 Å². The number of carboxylic acids is 2. The van der Waals surface area contributed by atoms with Crippen LogP contribution >= 0.6 is 0 Å². The number of aliphatic carboxylic acids is 2. The number of carboxylic acid groups (broad SMARTS) is 2. The van der Waals surface area contributed by atoms with E-state index in [1.54, 1.807) is 14.2 Å². The van der Waals surface area contributed by atoms with Crippen LogP contribution in [0.4, 0.5) is 0 Å². The van der Waals surface area contributed by atoms with Crippen LogP contribution in [0.3, 0.4) is 0 Å². The maximum atomic E-state index is 9.10. The highest BCUT2D eigenvalue weighted by Crippen LogP contribution is 2.24. The molecule has 0 spiro atoms. The lowest BCUT2D eigenvalue weighted by Gasteiger charge is -2.12. The lowest BCUT2D eigenvalue weighted by Crippen LogP contribution is -2.24. The molecule has 0 aliphatic carbocycles. The second kappa shape index (κ2) is 13.8. The van der Waals surface area contributed by atoms with E-state index in [9.17, 15) is 0 Å². The van der Waals surface area contributed by atoms with E-state index in [-0.39, 0.29) is 0 Å². The van der Waals surface area contributed by atoms with E-state index in [4.69, 9.17) is 34.0 Å². The maximum absolute atomic E-state index is 9.10. The summed E-state index contributed by atoms with van der Waals surface area (Å²) >= 11 is 0. The largest absolute Gasteiger partial charge is 0.497 e. The predicted octanol–water partition coefficient (Wildman–Crippen LogP) is 1.19. The smallest absolute Gasteiger partial charge is 0.414 e. The van der Waals surface area contributed by atoms with Gasteiger partial charge >= 0.3 is 11.9 Å². The third-order valence-corrected chi connectivity index (χ3v) is 2.83. The summed E-state index contributed by atoms with van der Waals surface area (Å²) in [4.78, 5) is 18.2. The van der Waals surface area contributed by atoms with Crippen molar-refractivity contribution in [3.63, 3.8) is 0 Å². The molecule has 0 aliphatic heterocycles. The molecule has 0 saturated carbocycles. The highest BCUT2D eigenvalue weighted by atomic mass is 16.5. The summed E-state index contributed by atoms with van der Waals surface area (Å²) in [6, 6.07) is 5.82. The van der Waals surface area contributed by atoms with Gasteiger partial charge in [0.15, 0.2) is 0 Å². The topological polar surface area (TPSA) is 114 Å². The first-order valence-electron chi connectivity index (χ1n) is 7.52. The summed E-state index contributed by atoms with van der Waals surface area (Å²) in [6.45, 7) is 6.73. The monoisotopic (exact) mass is 355 g/mol. The first kappa shape index (κ1) is 22.4. The molecule has 0 aliphatic rings. The summed E-state index contributed by atoms with van der Waals surface area (Å²) in [6.07, 6.45) is 2.63. The molecule has 0 amide bonds. The molecule has 0 unspecified atom stereocenters. The number of benzene rings is 1. The molecular weight excluding hydrogens is 330 g/mol. The molecular formula is C17H25NO7. The Labute approximate surface area is 147 Å². The first-order chi connectivity index (χ1) is 12.0. The number of allylic oxidation sites excluding steroid dienone is 1. The fourth-order valence-corrected chi connectivity index (χ4v) is 1.67. The van der Waals surface area contributed by atoms with Crippen LogP contribution in [0.5, 0.6) is 11.5 Å². The fourth-order valence-electron chi connectivity index (χ4n) is 1.67. The SMILES string of the molecule is C=CCc1cc(OC)ccc1OCCNCCOC.O=C(O)C(=O)O. The standard InChI is InChI=1S/C15H23NO3.C2H2O4/c1-4-5-13-12-14(18-3)6-7-15(13)19-11-9-16-8-10-17-2;3-1(4)2(5)6/h4,6-7,12,16H,1,5,8-11H2,2-3H3;(H,3,4)(H,5,6). The van der Waals surface area contributed by atoms with Gasteiger partial charge in [0.25, 0.3) is 0 Å². The zero-order valence-electron chi connectivity index (χ0n) is 14.5. The molecule has 140 valence electrons. The number of hydrogen-bond acceptors (Lipinski definition) is 6. The van der Waals surface area contributed by atoms with Gasteiger partial charge < -0.3 is 29.7 Å². The van der Waals surface area contributed by atoms with Crippen LogP contribution in [0.1, 0.15) is 5.56 Å². The van der Waals surface area contributed by atoms with Crippen LogP contribution in [0.2, 0.25) is 0 Å². The van der Waals surface area contributed by atoms with E-state index < -0.39 is 11.9 Å². The summed E-state index contributed by atoms with van der Waals surface area (Å²) < 4.78 is 15.9. The maximum Gasteiger partial charge on any atom is 0.414 e. The molecule has 0 heterocycles. The number of rotatable bonds is 10.